The summed E-state index contributed by atoms with van der Waals surface area (Å²) in [6.45, 7) is 0. The second kappa shape index (κ2) is 3.36. The van der Waals surface area contributed by atoms with Crippen LogP contribution in [0.2, 0.25) is 0 Å². The van der Waals surface area contributed by atoms with Gasteiger partial charge in [-0.3, -0.25) is 0 Å². The molecule has 0 atom stereocenters. The first-order valence-corrected chi connectivity index (χ1v) is 4.33. The second-order valence-electron chi connectivity index (χ2n) is 3.07. The van der Waals surface area contributed by atoms with Crippen molar-refractivity contribution in [3.8, 4) is 12.1 Å². The summed E-state index contributed by atoms with van der Waals surface area (Å²) in [5, 5.41) is 17.8. The van der Waals surface area contributed by atoms with E-state index in [1.807, 2.05) is 24.3 Å². The lowest BCUT2D eigenvalue weighted by Crippen LogP contribution is -2.05. The molecule has 0 amide bonds. The molecule has 0 saturated heterocycles. The molecule has 0 aliphatic heterocycles. The fourth-order valence-electron chi connectivity index (χ4n) is 1.62. The van der Waals surface area contributed by atoms with Crippen LogP contribution in [0.4, 0.5) is 0 Å². The molecule has 2 heteroatoms. The Kier molecular flexibility index (Phi) is 2.05. The van der Waals surface area contributed by atoms with Gasteiger partial charge >= 0.3 is 0 Å². The molecule has 14 heavy (non-hydrogen) atoms. The Labute approximate surface area is 82.7 Å². The lowest BCUT2D eigenvalue weighted by molar-refractivity contribution is 1.09. The monoisotopic (exact) mass is 179 g/mol. The van der Waals surface area contributed by atoms with Crippen LogP contribution in [0, 0.1) is 28.6 Å². The minimum absolute atomic E-state index is 0.566. The van der Waals surface area contributed by atoms with E-state index in [2.05, 4.69) is 12.1 Å². The van der Waals surface area contributed by atoms with Gasteiger partial charge in [0, 0.05) is 0 Å². The first-order valence-electron chi connectivity index (χ1n) is 4.33. The molecular formula is C12H7N2. The van der Waals surface area contributed by atoms with Crippen LogP contribution in [0.5, 0.6) is 0 Å². The summed E-state index contributed by atoms with van der Waals surface area (Å²) in [6.07, 6.45) is 2.37. The van der Waals surface area contributed by atoms with Crippen LogP contribution in [0.1, 0.15) is 17.5 Å². The molecule has 1 aromatic rings. The van der Waals surface area contributed by atoms with Crippen LogP contribution in [0.25, 0.3) is 5.57 Å². The summed E-state index contributed by atoms with van der Waals surface area (Å²) in [7, 11) is 0. The van der Waals surface area contributed by atoms with Crippen LogP contribution < -0.4 is 0 Å². The zero-order valence-corrected chi connectivity index (χ0v) is 7.49. The lowest BCUT2D eigenvalue weighted by Gasteiger charge is -2.16. The van der Waals surface area contributed by atoms with Crippen molar-refractivity contribution in [3.63, 3.8) is 0 Å². The summed E-state index contributed by atoms with van der Waals surface area (Å²) < 4.78 is 0. The topological polar surface area (TPSA) is 47.6 Å². The number of benzene rings is 1. The van der Waals surface area contributed by atoms with E-state index in [0.29, 0.717) is 12.0 Å². The molecule has 1 aliphatic rings. The van der Waals surface area contributed by atoms with Crippen LogP contribution in [0.3, 0.4) is 0 Å². The van der Waals surface area contributed by atoms with Crippen molar-refractivity contribution in [2.45, 2.75) is 6.42 Å². The summed E-state index contributed by atoms with van der Waals surface area (Å²) in [4.78, 5) is 0. The molecule has 0 aromatic heterocycles. The van der Waals surface area contributed by atoms with Crippen LogP contribution in [-0.2, 0) is 0 Å². The number of allylic oxidation sites excluding steroid dienone is 2. The molecule has 0 heterocycles. The smallest absolute Gasteiger partial charge is 0.109 e. The van der Waals surface area contributed by atoms with Gasteiger partial charge in [0.05, 0.1) is 17.7 Å². The molecular weight excluding hydrogens is 172 g/mol. The fourth-order valence-corrected chi connectivity index (χ4v) is 1.62. The number of nitriles is 2. The molecule has 0 fully saturated rings. The van der Waals surface area contributed by atoms with Gasteiger partial charge in [-0.2, -0.15) is 10.5 Å². The highest BCUT2D eigenvalue weighted by Crippen LogP contribution is 2.32. The largest absolute Gasteiger partial charge is 0.197 e. The van der Waals surface area contributed by atoms with E-state index in [1.165, 1.54) is 0 Å². The number of hydrogen-bond donors (Lipinski definition) is 0. The Bertz CT molecular complexity index is 472. The van der Waals surface area contributed by atoms with Crippen molar-refractivity contribution in [1.29, 1.82) is 10.5 Å². The average Bonchev–Trinajstić information content (AvgIpc) is 2.27. The number of rotatable bonds is 0. The maximum absolute atomic E-state index is 8.90. The Morgan fingerprint density at radius 3 is 2.36 bits per heavy atom. The van der Waals surface area contributed by atoms with Crippen molar-refractivity contribution in [3.05, 3.63) is 47.4 Å². The van der Waals surface area contributed by atoms with Gasteiger partial charge in [-0.25, -0.2) is 0 Å². The third kappa shape index (κ3) is 1.18. The first kappa shape index (κ1) is 8.53. The van der Waals surface area contributed by atoms with Gasteiger partial charge in [-0.15, -0.1) is 0 Å². The highest BCUT2D eigenvalue weighted by atomic mass is 14.3. The van der Waals surface area contributed by atoms with Gasteiger partial charge in [0.2, 0.25) is 0 Å². The Morgan fingerprint density at radius 1 is 1.00 bits per heavy atom. The number of fused-ring (bicyclic) bond motifs is 1. The van der Waals surface area contributed by atoms with Gasteiger partial charge in [-0.1, -0.05) is 30.3 Å². The molecule has 65 valence electrons. The van der Waals surface area contributed by atoms with Crippen molar-refractivity contribution in [2.24, 2.45) is 0 Å². The maximum atomic E-state index is 8.90. The van der Waals surface area contributed by atoms with Crippen molar-refractivity contribution in [1.82, 2.24) is 0 Å². The Morgan fingerprint density at radius 2 is 1.71 bits per heavy atom. The molecule has 0 saturated carbocycles. The van der Waals surface area contributed by atoms with Crippen LogP contribution >= 0.6 is 0 Å². The van der Waals surface area contributed by atoms with Gasteiger partial charge in [0.15, 0.2) is 0 Å². The fraction of sp³-hybridized carbons (Fsp3) is 0.0833. The van der Waals surface area contributed by atoms with Gasteiger partial charge < -0.3 is 0 Å². The molecule has 1 radical (unpaired) electrons. The lowest BCUT2D eigenvalue weighted by atomic mass is 9.84. The maximum Gasteiger partial charge on any atom is 0.109 e. The van der Waals surface area contributed by atoms with Gasteiger partial charge in [0.25, 0.3) is 0 Å². The molecule has 0 N–H and O–H groups in total. The van der Waals surface area contributed by atoms with E-state index in [-0.39, 0.29) is 0 Å². The highest BCUT2D eigenvalue weighted by Gasteiger charge is 2.21. The Balaban J connectivity index is 2.60. The average molecular weight is 179 g/mol. The zero-order valence-electron chi connectivity index (χ0n) is 7.49. The van der Waals surface area contributed by atoms with Crippen LogP contribution in [0.15, 0.2) is 30.3 Å². The van der Waals surface area contributed by atoms with Crippen molar-refractivity contribution < 1.29 is 0 Å². The second-order valence-corrected chi connectivity index (χ2v) is 3.07. The molecule has 0 bridgehead atoms. The molecule has 0 spiro atoms. The molecule has 1 aliphatic carbocycles. The minimum atomic E-state index is 0.566. The normalized spacial score (nSPS) is 14.9. The first-order chi connectivity index (χ1) is 6.86. The van der Waals surface area contributed by atoms with E-state index in [1.54, 1.807) is 6.08 Å². The van der Waals surface area contributed by atoms with E-state index in [4.69, 9.17) is 10.5 Å². The number of hydrogen-bond acceptors (Lipinski definition) is 2. The van der Waals surface area contributed by atoms with Gasteiger partial charge in [-0.05, 0) is 17.5 Å². The molecule has 1 aromatic carbocycles. The standard InChI is InChI=1S/C12H7N2/c13-7-9-5-6-10(8-14)12-4-2-1-3-11(9)12/h1-5H,6H2. The minimum Gasteiger partial charge on any atom is -0.197 e. The quantitative estimate of drug-likeness (QED) is 0.614. The van der Waals surface area contributed by atoms with E-state index in [9.17, 15) is 0 Å². The molecule has 0 unspecified atom stereocenters. The van der Waals surface area contributed by atoms with Crippen molar-refractivity contribution in [2.75, 3.05) is 0 Å². The van der Waals surface area contributed by atoms with E-state index >= 15 is 0 Å². The summed E-state index contributed by atoms with van der Waals surface area (Å²) >= 11 is 0. The van der Waals surface area contributed by atoms with Crippen LogP contribution in [-0.4, -0.2) is 0 Å². The zero-order chi connectivity index (χ0) is 9.97. The third-order valence-electron chi connectivity index (χ3n) is 2.31. The van der Waals surface area contributed by atoms with Crippen molar-refractivity contribution >= 4 is 5.57 Å². The Hall–Kier alpha value is -2.06. The summed E-state index contributed by atoms with van der Waals surface area (Å²) in [5.74, 6) is 0.736. The van der Waals surface area contributed by atoms with E-state index in [0.717, 1.165) is 17.0 Å². The highest BCUT2D eigenvalue weighted by molar-refractivity contribution is 5.82. The summed E-state index contributed by atoms with van der Waals surface area (Å²) in [6, 6.07) is 11.8. The SMILES string of the molecule is N#C[C]1CC=C(C#N)c2ccccc21. The van der Waals surface area contributed by atoms with E-state index < -0.39 is 0 Å². The molecule has 2 nitrogen and oxygen atoms in total. The van der Waals surface area contributed by atoms with Gasteiger partial charge in [0.1, 0.15) is 5.92 Å². The predicted octanol–water partition coefficient (Wildman–Crippen LogP) is 2.44. The third-order valence-corrected chi connectivity index (χ3v) is 2.31. The predicted molar refractivity (Wildman–Crippen MR) is 52.6 cm³/mol. The number of nitrogens with zero attached hydrogens (tertiary/aromatic N) is 2. The molecule has 2 rings (SSSR count). The summed E-state index contributed by atoms with van der Waals surface area (Å²) in [5.41, 5.74) is 2.44.